The second kappa shape index (κ2) is 5.70. The predicted molar refractivity (Wildman–Crippen MR) is 72.2 cm³/mol. The third-order valence-corrected chi connectivity index (χ3v) is 3.24. The number of pyridine rings is 1. The zero-order chi connectivity index (χ0) is 14.7. The van der Waals surface area contributed by atoms with Crippen LogP contribution in [-0.2, 0) is 16.1 Å². The van der Waals surface area contributed by atoms with E-state index in [2.05, 4.69) is 25.7 Å². The molecule has 2 amide bonds. The second-order valence-corrected chi connectivity index (χ2v) is 4.74. The van der Waals surface area contributed by atoms with Crippen molar-refractivity contribution in [3.05, 3.63) is 36.5 Å². The number of hydrogen-bond donors (Lipinski definition) is 2. The van der Waals surface area contributed by atoms with Gasteiger partial charge in [0.05, 0.1) is 0 Å². The summed E-state index contributed by atoms with van der Waals surface area (Å²) >= 11 is 0. The van der Waals surface area contributed by atoms with Crippen LogP contribution < -0.4 is 10.6 Å². The number of nitrogens with zero attached hydrogens (tertiary/aromatic N) is 4. The zero-order valence-electron chi connectivity index (χ0n) is 11.2. The van der Waals surface area contributed by atoms with Gasteiger partial charge >= 0.3 is 0 Å². The van der Waals surface area contributed by atoms with Crippen molar-refractivity contribution in [3.63, 3.8) is 0 Å². The molecule has 0 bridgehead atoms. The molecule has 8 nitrogen and oxygen atoms in total. The molecule has 1 fully saturated rings. The van der Waals surface area contributed by atoms with Crippen LogP contribution in [0.15, 0.2) is 31.0 Å². The summed E-state index contributed by atoms with van der Waals surface area (Å²) in [7, 11) is 0. The van der Waals surface area contributed by atoms with Crippen LogP contribution in [0.5, 0.6) is 0 Å². The van der Waals surface area contributed by atoms with Crippen LogP contribution in [0.4, 0.5) is 0 Å². The average Bonchev–Trinajstić information content (AvgIpc) is 3.16. The van der Waals surface area contributed by atoms with Gasteiger partial charge in [-0.25, -0.2) is 14.6 Å². The van der Waals surface area contributed by atoms with Crippen molar-refractivity contribution in [2.75, 3.05) is 0 Å². The van der Waals surface area contributed by atoms with Crippen LogP contribution in [0, 0.1) is 0 Å². The van der Waals surface area contributed by atoms with Crippen molar-refractivity contribution in [1.82, 2.24) is 30.4 Å². The van der Waals surface area contributed by atoms with Crippen molar-refractivity contribution in [3.8, 4) is 5.82 Å². The molecule has 0 aromatic carbocycles. The number of carbonyl (C=O) groups is 2. The van der Waals surface area contributed by atoms with Crippen LogP contribution >= 0.6 is 0 Å². The lowest BCUT2D eigenvalue weighted by Crippen LogP contribution is -2.41. The number of rotatable bonds is 4. The number of aromatic nitrogens is 4. The van der Waals surface area contributed by atoms with E-state index in [4.69, 9.17) is 0 Å². The summed E-state index contributed by atoms with van der Waals surface area (Å²) in [6.07, 6.45) is 5.63. The zero-order valence-corrected chi connectivity index (χ0v) is 11.2. The van der Waals surface area contributed by atoms with Crippen LogP contribution in [-0.4, -0.2) is 37.6 Å². The Bertz CT molecular complexity index is 637. The first-order valence-electron chi connectivity index (χ1n) is 6.59. The summed E-state index contributed by atoms with van der Waals surface area (Å²) in [5.41, 5.74) is 0.872. The number of nitrogens with one attached hydrogen (secondary N) is 2. The van der Waals surface area contributed by atoms with Crippen molar-refractivity contribution >= 4 is 11.8 Å². The van der Waals surface area contributed by atoms with Gasteiger partial charge in [0, 0.05) is 19.2 Å². The Hall–Kier alpha value is -2.77. The third-order valence-electron chi connectivity index (χ3n) is 3.24. The fourth-order valence-corrected chi connectivity index (χ4v) is 2.11. The molecule has 1 saturated heterocycles. The maximum atomic E-state index is 11.8. The van der Waals surface area contributed by atoms with Gasteiger partial charge in [0.1, 0.15) is 18.7 Å². The van der Waals surface area contributed by atoms with E-state index in [1.807, 2.05) is 6.07 Å². The minimum atomic E-state index is -0.417. The third kappa shape index (κ3) is 3.04. The van der Waals surface area contributed by atoms with Crippen LogP contribution in [0.3, 0.4) is 0 Å². The Morgan fingerprint density at radius 1 is 1.48 bits per heavy atom. The summed E-state index contributed by atoms with van der Waals surface area (Å²) in [4.78, 5) is 31.0. The summed E-state index contributed by atoms with van der Waals surface area (Å²) in [5.74, 6) is 0.417. The Morgan fingerprint density at radius 3 is 3.00 bits per heavy atom. The summed E-state index contributed by atoms with van der Waals surface area (Å²) in [6.45, 7) is 0.371. The van der Waals surface area contributed by atoms with Gasteiger partial charge in [-0.05, 0) is 18.1 Å². The number of amides is 2. The fourth-order valence-electron chi connectivity index (χ4n) is 2.11. The molecule has 8 heteroatoms. The molecule has 3 heterocycles. The van der Waals surface area contributed by atoms with E-state index in [0.717, 1.165) is 5.56 Å². The van der Waals surface area contributed by atoms with Crippen LogP contribution in [0.1, 0.15) is 18.4 Å². The van der Waals surface area contributed by atoms with Gasteiger partial charge in [-0.15, -0.1) is 0 Å². The van der Waals surface area contributed by atoms with Crippen molar-refractivity contribution in [2.24, 2.45) is 0 Å². The molecule has 0 aliphatic carbocycles. The summed E-state index contributed by atoms with van der Waals surface area (Å²) in [6, 6.07) is 3.24. The molecule has 0 radical (unpaired) electrons. The lowest BCUT2D eigenvalue weighted by Gasteiger charge is -2.10. The van der Waals surface area contributed by atoms with Crippen LogP contribution in [0.2, 0.25) is 0 Å². The van der Waals surface area contributed by atoms with Crippen LogP contribution in [0.25, 0.3) is 5.82 Å². The van der Waals surface area contributed by atoms with Crippen molar-refractivity contribution in [1.29, 1.82) is 0 Å². The van der Waals surface area contributed by atoms with Crippen molar-refractivity contribution < 1.29 is 9.59 Å². The Labute approximate surface area is 120 Å². The Kier molecular flexibility index (Phi) is 3.59. The van der Waals surface area contributed by atoms with E-state index in [9.17, 15) is 9.59 Å². The highest BCUT2D eigenvalue weighted by molar-refractivity contribution is 5.90. The molecule has 1 aliphatic rings. The lowest BCUT2D eigenvalue weighted by molar-refractivity contribution is -0.125. The average molecular weight is 286 g/mol. The van der Waals surface area contributed by atoms with Gasteiger partial charge in [-0.1, -0.05) is 6.07 Å². The molecule has 1 aliphatic heterocycles. The highest BCUT2D eigenvalue weighted by atomic mass is 16.2. The first-order valence-corrected chi connectivity index (χ1v) is 6.59. The Morgan fingerprint density at radius 2 is 2.38 bits per heavy atom. The number of hydrogen-bond acceptors (Lipinski definition) is 5. The second-order valence-electron chi connectivity index (χ2n) is 4.74. The van der Waals surface area contributed by atoms with Crippen molar-refractivity contribution in [2.45, 2.75) is 25.4 Å². The van der Waals surface area contributed by atoms with Gasteiger partial charge in [0.15, 0.2) is 5.82 Å². The molecule has 108 valence electrons. The maximum Gasteiger partial charge on any atom is 0.242 e. The highest BCUT2D eigenvalue weighted by Gasteiger charge is 2.26. The topological polar surface area (TPSA) is 102 Å². The van der Waals surface area contributed by atoms with Gasteiger partial charge in [-0.2, -0.15) is 5.10 Å². The molecular weight excluding hydrogens is 272 g/mol. The van der Waals surface area contributed by atoms with E-state index in [1.54, 1.807) is 23.3 Å². The van der Waals surface area contributed by atoms with E-state index in [0.29, 0.717) is 25.2 Å². The number of carbonyl (C=O) groups excluding carboxylic acids is 2. The standard InChI is InChI=1S/C13H14N6O2/c20-12-4-2-10(18-12)13(21)16-6-9-1-3-11(15-5-9)19-8-14-7-17-19/h1,3,5,7-8,10H,2,4,6H2,(H,16,21)(H,18,20)/t10-/m0/s1. The smallest absolute Gasteiger partial charge is 0.242 e. The highest BCUT2D eigenvalue weighted by Crippen LogP contribution is 2.07. The summed E-state index contributed by atoms with van der Waals surface area (Å²) < 4.78 is 1.55. The van der Waals surface area contributed by atoms with Gasteiger partial charge in [-0.3, -0.25) is 9.59 Å². The molecule has 0 saturated carbocycles. The summed E-state index contributed by atoms with van der Waals surface area (Å²) in [5, 5.41) is 9.40. The van der Waals surface area contributed by atoms with E-state index in [-0.39, 0.29) is 11.8 Å². The lowest BCUT2D eigenvalue weighted by atomic mass is 10.2. The molecule has 2 N–H and O–H groups in total. The molecule has 2 aromatic rings. The van der Waals surface area contributed by atoms with Gasteiger partial charge in [0.2, 0.25) is 11.8 Å². The first-order chi connectivity index (χ1) is 10.2. The molecule has 21 heavy (non-hydrogen) atoms. The van der Waals surface area contributed by atoms with Gasteiger partial charge < -0.3 is 10.6 Å². The SMILES string of the molecule is O=C1CC[C@@H](C(=O)NCc2ccc(-n3cncn3)nc2)N1. The molecule has 0 spiro atoms. The normalized spacial score (nSPS) is 17.5. The van der Waals surface area contributed by atoms with E-state index < -0.39 is 6.04 Å². The monoisotopic (exact) mass is 286 g/mol. The first kappa shape index (κ1) is 13.2. The molecule has 1 atom stereocenters. The molecule has 2 aromatic heterocycles. The minimum absolute atomic E-state index is 0.0750. The van der Waals surface area contributed by atoms with Gasteiger partial charge in [0.25, 0.3) is 0 Å². The van der Waals surface area contributed by atoms with E-state index >= 15 is 0 Å². The molecule has 3 rings (SSSR count). The maximum absolute atomic E-state index is 11.8. The fraction of sp³-hybridized carbons (Fsp3) is 0.308. The van der Waals surface area contributed by atoms with E-state index in [1.165, 1.54) is 6.33 Å². The minimum Gasteiger partial charge on any atom is -0.350 e. The largest absolute Gasteiger partial charge is 0.350 e. The molecular formula is C13H14N6O2. The quantitative estimate of drug-likeness (QED) is 0.793. The Balaban J connectivity index is 1.56. The predicted octanol–water partition coefficient (Wildman–Crippen LogP) is -0.443. The molecule has 0 unspecified atom stereocenters.